The summed E-state index contributed by atoms with van der Waals surface area (Å²) >= 11 is 0. The highest BCUT2D eigenvalue weighted by molar-refractivity contribution is 5.95. The molecule has 4 aromatic carbocycles. The van der Waals surface area contributed by atoms with Gasteiger partial charge in [0.15, 0.2) is 0 Å². The summed E-state index contributed by atoms with van der Waals surface area (Å²) in [4.78, 5) is 3.38. The van der Waals surface area contributed by atoms with Crippen molar-refractivity contribution >= 4 is 0 Å². The summed E-state index contributed by atoms with van der Waals surface area (Å²) in [6.07, 6.45) is 1.99. The van der Waals surface area contributed by atoms with Crippen LogP contribution in [0.1, 0.15) is 22.3 Å². The Labute approximate surface area is 175 Å². The van der Waals surface area contributed by atoms with E-state index in [9.17, 15) is 0 Å². The fraction of sp³-hybridized carbons (Fsp3) is 0.0345. The smallest absolute Gasteiger partial charge is 0.0725 e. The highest BCUT2D eigenvalue weighted by Crippen LogP contribution is 2.62. The molecule has 0 aliphatic heterocycles. The van der Waals surface area contributed by atoms with Gasteiger partial charge in [0, 0.05) is 11.9 Å². The lowest BCUT2D eigenvalue weighted by molar-refractivity contribution is 0.794. The lowest BCUT2D eigenvalue weighted by Gasteiger charge is -2.30. The standard InChI is InChI=1S/C29H19N/c1-4-11-24-20(8-1)21-9-2-5-12-25(21)29(24)26-13-6-3-10-22(26)23-16-15-19(18-27(23)29)28-14-7-17-30-28/h1-18,30H. The molecule has 0 unspecified atom stereocenters. The molecule has 0 fully saturated rings. The molecule has 2 aliphatic rings. The normalized spacial score (nSPS) is 14.3. The van der Waals surface area contributed by atoms with Gasteiger partial charge in [0.1, 0.15) is 0 Å². The second kappa shape index (κ2) is 5.61. The maximum Gasteiger partial charge on any atom is 0.0725 e. The van der Waals surface area contributed by atoms with Gasteiger partial charge in [0.2, 0.25) is 0 Å². The van der Waals surface area contributed by atoms with Crippen molar-refractivity contribution in [2.75, 3.05) is 0 Å². The number of fused-ring (bicyclic) bond motifs is 10. The summed E-state index contributed by atoms with van der Waals surface area (Å²) < 4.78 is 0. The number of nitrogens with one attached hydrogen (secondary N) is 1. The summed E-state index contributed by atoms with van der Waals surface area (Å²) in [6.45, 7) is 0. The molecule has 0 bridgehead atoms. The Morgan fingerprint density at radius 1 is 0.467 bits per heavy atom. The molecule has 30 heavy (non-hydrogen) atoms. The van der Waals surface area contributed by atoms with Gasteiger partial charge in [0.05, 0.1) is 5.41 Å². The van der Waals surface area contributed by atoms with Crippen LogP contribution in [0.4, 0.5) is 0 Å². The van der Waals surface area contributed by atoms with E-state index in [1.807, 2.05) is 6.20 Å². The van der Waals surface area contributed by atoms with Gasteiger partial charge in [-0.2, -0.15) is 0 Å². The van der Waals surface area contributed by atoms with E-state index in [-0.39, 0.29) is 5.41 Å². The van der Waals surface area contributed by atoms with Gasteiger partial charge in [-0.3, -0.25) is 0 Å². The quantitative estimate of drug-likeness (QED) is 0.314. The van der Waals surface area contributed by atoms with E-state index in [2.05, 4.69) is 108 Å². The number of rotatable bonds is 1. The van der Waals surface area contributed by atoms with Gasteiger partial charge >= 0.3 is 0 Å². The minimum atomic E-state index is -0.262. The number of benzene rings is 4. The molecular weight excluding hydrogens is 362 g/mol. The van der Waals surface area contributed by atoms with Crippen LogP contribution < -0.4 is 0 Å². The molecule has 1 aromatic heterocycles. The van der Waals surface area contributed by atoms with Crippen molar-refractivity contribution in [1.82, 2.24) is 4.98 Å². The molecule has 0 saturated heterocycles. The maximum atomic E-state index is 3.38. The van der Waals surface area contributed by atoms with Gasteiger partial charge in [-0.1, -0.05) is 84.9 Å². The first kappa shape index (κ1) is 16.0. The van der Waals surface area contributed by atoms with Crippen molar-refractivity contribution in [3.63, 3.8) is 0 Å². The Morgan fingerprint density at radius 3 is 1.53 bits per heavy atom. The molecule has 0 amide bonds. The zero-order valence-electron chi connectivity index (χ0n) is 16.4. The molecule has 1 nitrogen and oxygen atoms in total. The molecule has 0 atom stereocenters. The van der Waals surface area contributed by atoms with Crippen LogP contribution in [0, 0.1) is 0 Å². The number of H-pyrrole nitrogens is 1. The number of hydrogen-bond donors (Lipinski definition) is 1. The van der Waals surface area contributed by atoms with Crippen LogP contribution in [-0.2, 0) is 5.41 Å². The van der Waals surface area contributed by atoms with E-state index < -0.39 is 0 Å². The van der Waals surface area contributed by atoms with Crippen molar-refractivity contribution in [2.24, 2.45) is 0 Å². The third-order valence-electron chi connectivity index (χ3n) is 6.91. The summed E-state index contributed by atoms with van der Waals surface area (Å²) in [6, 6.07) is 38.0. The molecule has 1 spiro atoms. The molecule has 0 radical (unpaired) electrons. The van der Waals surface area contributed by atoms with E-state index in [0.29, 0.717) is 0 Å². The topological polar surface area (TPSA) is 15.8 Å². The van der Waals surface area contributed by atoms with E-state index in [4.69, 9.17) is 0 Å². The lowest BCUT2D eigenvalue weighted by atomic mass is 9.70. The third kappa shape index (κ3) is 1.79. The molecule has 2 aliphatic carbocycles. The van der Waals surface area contributed by atoms with Gasteiger partial charge in [0.25, 0.3) is 0 Å². The fourth-order valence-corrected chi connectivity index (χ4v) is 5.77. The van der Waals surface area contributed by atoms with E-state index in [0.717, 1.165) is 5.69 Å². The number of aromatic amines is 1. The van der Waals surface area contributed by atoms with Gasteiger partial charge in [-0.15, -0.1) is 0 Å². The van der Waals surface area contributed by atoms with Crippen LogP contribution in [-0.4, -0.2) is 4.98 Å². The minimum absolute atomic E-state index is 0.262. The van der Waals surface area contributed by atoms with Crippen molar-refractivity contribution in [2.45, 2.75) is 5.41 Å². The average Bonchev–Trinajstić information content (AvgIpc) is 3.51. The molecule has 5 aromatic rings. The largest absolute Gasteiger partial charge is 0.361 e. The van der Waals surface area contributed by atoms with Crippen LogP contribution in [0.25, 0.3) is 33.5 Å². The number of hydrogen-bond acceptors (Lipinski definition) is 0. The van der Waals surface area contributed by atoms with Crippen LogP contribution in [0.5, 0.6) is 0 Å². The fourth-order valence-electron chi connectivity index (χ4n) is 5.77. The lowest BCUT2D eigenvalue weighted by Crippen LogP contribution is -2.25. The summed E-state index contributed by atoms with van der Waals surface area (Å²) in [7, 11) is 0. The molecule has 0 saturated carbocycles. The van der Waals surface area contributed by atoms with E-state index >= 15 is 0 Å². The zero-order chi connectivity index (χ0) is 19.7. The Bertz CT molecular complexity index is 1380. The third-order valence-corrected chi connectivity index (χ3v) is 6.91. The first-order chi connectivity index (χ1) is 14.9. The molecular formula is C29H19N. The predicted molar refractivity (Wildman–Crippen MR) is 123 cm³/mol. The van der Waals surface area contributed by atoms with Crippen molar-refractivity contribution in [3.05, 3.63) is 132 Å². The SMILES string of the molecule is c1c[nH]c(-c2ccc3c(c2)C2(c4ccccc4-c4ccccc42)c2ccccc2-3)c1. The molecule has 1 heterocycles. The Hall–Kier alpha value is -3.84. The van der Waals surface area contributed by atoms with Crippen LogP contribution in [0.15, 0.2) is 109 Å². The molecule has 1 heteroatoms. The van der Waals surface area contributed by atoms with Crippen molar-refractivity contribution in [3.8, 4) is 33.5 Å². The van der Waals surface area contributed by atoms with Gasteiger partial charge in [-0.25, -0.2) is 0 Å². The highest BCUT2D eigenvalue weighted by atomic mass is 14.7. The molecule has 7 rings (SSSR count). The Morgan fingerprint density at radius 2 is 1.00 bits per heavy atom. The second-order valence-corrected chi connectivity index (χ2v) is 8.23. The summed E-state index contributed by atoms with van der Waals surface area (Å²) in [5.74, 6) is 0. The summed E-state index contributed by atoms with van der Waals surface area (Å²) in [5.41, 5.74) is 13.1. The summed E-state index contributed by atoms with van der Waals surface area (Å²) in [5, 5.41) is 0. The van der Waals surface area contributed by atoms with Crippen molar-refractivity contribution < 1.29 is 0 Å². The maximum absolute atomic E-state index is 3.38. The second-order valence-electron chi connectivity index (χ2n) is 8.23. The Kier molecular flexibility index (Phi) is 2.99. The van der Waals surface area contributed by atoms with Crippen LogP contribution in [0.2, 0.25) is 0 Å². The first-order valence-corrected chi connectivity index (χ1v) is 10.5. The molecule has 1 N–H and O–H groups in total. The monoisotopic (exact) mass is 381 g/mol. The highest BCUT2D eigenvalue weighted by Gasteiger charge is 2.51. The molecule has 140 valence electrons. The average molecular weight is 381 g/mol. The van der Waals surface area contributed by atoms with Gasteiger partial charge < -0.3 is 4.98 Å². The number of aromatic nitrogens is 1. The van der Waals surface area contributed by atoms with E-state index in [1.54, 1.807) is 0 Å². The van der Waals surface area contributed by atoms with Crippen LogP contribution >= 0.6 is 0 Å². The first-order valence-electron chi connectivity index (χ1n) is 10.5. The zero-order valence-corrected chi connectivity index (χ0v) is 16.4. The Balaban J connectivity index is 1.67. The minimum Gasteiger partial charge on any atom is -0.361 e. The predicted octanol–water partition coefficient (Wildman–Crippen LogP) is 7.03. The van der Waals surface area contributed by atoms with E-state index in [1.165, 1.54) is 50.1 Å². The van der Waals surface area contributed by atoms with Gasteiger partial charge in [-0.05, 0) is 68.3 Å². The van der Waals surface area contributed by atoms with Crippen molar-refractivity contribution in [1.29, 1.82) is 0 Å². The van der Waals surface area contributed by atoms with Crippen LogP contribution in [0.3, 0.4) is 0 Å².